The second-order valence-electron chi connectivity index (χ2n) is 4.70. The Kier molecular flexibility index (Phi) is 3.17. The summed E-state index contributed by atoms with van der Waals surface area (Å²) in [4.78, 5) is 12.7. The maximum Gasteiger partial charge on any atom is 0.110 e. The monoisotopic (exact) mass is 262 g/mol. The van der Waals surface area contributed by atoms with Gasteiger partial charge in [-0.3, -0.25) is 0 Å². The molecule has 3 heteroatoms. The van der Waals surface area contributed by atoms with E-state index in [1.54, 1.807) is 12.1 Å². The van der Waals surface area contributed by atoms with Gasteiger partial charge in [-0.25, -0.2) is 0 Å². The van der Waals surface area contributed by atoms with Gasteiger partial charge in [-0.15, -0.1) is 4.91 Å². The van der Waals surface area contributed by atoms with Crippen LogP contribution in [0.2, 0.25) is 0 Å². The lowest BCUT2D eigenvalue weighted by Crippen LogP contribution is -2.08. The van der Waals surface area contributed by atoms with Crippen LogP contribution in [-0.2, 0) is 0 Å². The van der Waals surface area contributed by atoms with Crippen LogP contribution in [0, 0.1) is 4.91 Å². The summed E-state index contributed by atoms with van der Waals surface area (Å²) in [6.45, 7) is 0. The van der Waals surface area contributed by atoms with Crippen molar-refractivity contribution in [3.8, 4) is 0 Å². The summed E-state index contributed by atoms with van der Waals surface area (Å²) in [5.41, 5.74) is 2.46. The highest BCUT2D eigenvalue weighted by Gasteiger charge is 2.05. The Labute approximate surface area is 117 Å². The first kappa shape index (κ1) is 12.4. The number of fused-ring (bicyclic) bond motifs is 1. The third-order valence-corrected chi connectivity index (χ3v) is 3.44. The molecule has 0 aliphatic carbocycles. The van der Waals surface area contributed by atoms with Crippen LogP contribution in [0.3, 0.4) is 0 Å². The Hall–Kier alpha value is -2.68. The molecule has 3 aromatic carbocycles. The molecule has 0 radical (unpaired) electrons. The molecule has 0 fully saturated rings. The number of nitrogens with zero attached hydrogens (tertiary/aromatic N) is 2. The number of benzene rings is 3. The molecule has 98 valence electrons. The molecule has 0 spiro atoms. The Bertz CT molecular complexity index is 768. The first-order chi connectivity index (χ1) is 9.78. The molecule has 0 saturated carbocycles. The van der Waals surface area contributed by atoms with Crippen molar-refractivity contribution in [3.05, 3.63) is 71.6 Å². The van der Waals surface area contributed by atoms with E-state index < -0.39 is 0 Å². The van der Waals surface area contributed by atoms with E-state index in [0.29, 0.717) is 5.69 Å². The SMILES string of the molecule is CN(c1cccc(N=O)c1)c1ccc2ccccc2c1. The molecule has 0 aromatic heterocycles. The molecular weight excluding hydrogens is 248 g/mol. The van der Waals surface area contributed by atoms with Crippen molar-refractivity contribution < 1.29 is 0 Å². The van der Waals surface area contributed by atoms with Gasteiger partial charge in [0.15, 0.2) is 0 Å². The zero-order valence-electron chi connectivity index (χ0n) is 11.2. The molecule has 3 nitrogen and oxygen atoms in total. The van der Waals surface area contributed by atoms with Crippen LogP contribution in [0.25, 0.3) is 10.8 Å². The highest BCUT2D eigenvalue weighted by molar-refractivity contribution is 5.86. The van der Waals surface area contributed by atoms with E-state index >= 15 is 0 Å². The van der Waals surface area contributed by atoms with E-state index in [1.807, 2.05) is 36.2 Å². The Morgan fingerprint density at radius 2 is 1.55 bits per heavy atom. The van der Waals surface area contributed by atoms with E-state index in [-0.39, 0.29) is 0 Å². The Morgan fingerprint density at radius 1 is 0.800 bits per heavy atom. The molecule has 0 unspecified atom stereocenters. The van der Waals surface area contributed by atoms with Gasteiger partial charge in [-0.2, -0.15) is 0 Å². The summed E-state index contributed by atoms with van der Waals surface area (Å²) in [6.07, 6.45) is 0. The number of nitroso groups, excluding NO2 is 1. The molecule has 0 atom stereocenters. The normalized spacial score (nSPS) is 10.4. The summed E-state index contributed by atoms with van der Waals surface area (Å²) >= 11 is 0. The van der Waals surface area contributed by atoms with Crippen LogP contribution in [-0.4, -0.2) is 7.05 Å². The van der Waals surface area contributed by atoms with E-state index in [4.69, 9.17) is 0 Å². The number of rotatable bonds is 3. The van der Waals surface area contributed by atoms with E-state index in [9.17, 15) is 4.91 Å². The molecule has 0 amide bonds. The van der Waals surface area contributed by atoms with Gasteiger partial charge in [-0.05, 0) is 46.3 Å². The van der Waals surface area contributed by atoms with E-state index in [2.05, 4.69) is 35.5 Å². The summed E-state index contributed by atoms with van der Waals surface area (Å²) in [7, 11) is 1.98. The number of hydrogen-bond donors (Lipinski definition) is 0. The van der Waals surface area contributed by atoms with Gasteiger partial charge >= 0.3 is 0 Å². The van der Waals surface area contributed by atoms with Gasteiger partial charge in [0.25, 0.3) is 0 Å². The Morgan fingerprint density at radius 3 is 2.35 bits per heavy atom. The van der Waals surface area contributed by atoms with Crippen LogP contribution in [0.1, 0.15) is 0 Å². The second kappa shape index (κ2) is 5.13. The molecule has 20 heavy (non-hydrogen) atoms. The molecule has 0 bridgehead atoms. The lowest BCUT2D eigenvalue weighted by Gasteiger charge is -2.20. The van der Waals surface area contributed by atoms with Crippen LogP contribution in [0.5, 0.6) is 0 Å². The lowest BCUT2D eigenvalue weighted by molar-refractivity contribution is 1.21. The molecule has 0 saturated heterocycles. The predicted octanol–water partition coefficient (Wildman–Crippen LogP) is 5.01. The third-order valence-electron chi connectivity index (χ3n) is 3.44. The van der Waals surface area contributed by atoms with Crippen LogP contribution < -0.4 is 4.90 Å². The van der Waals surface area contributed by atoms with Crippen molar-refractivity contribution in [2.75, 3.05) is 11.9 Å². The van der Waals surface area contributed by atoms with E-state index in [1.165, 1.54) is 10.8 Å². The largest absolute Gasteiger partial charge is 0.345 e. The maximum absolute atomic E-state index is 10.6. The smallest absolute Gasteiger partial charge is 0.110 e. The topological polar surface area (TPSA) is 32.7 Å². The Balaban J connectivity index is 2.02. The fourth-order valence-electron chi connectivity index (χ4n) is 2.29. The molecule has 3 rings (SSSR count). The predicted molar refractivity (Wildman–Crippen MR) is 83.9 cm³/mol. The molecule has 0 heterocycles. The summed E-state index contributed by atoms with van der Waals surface area (Å²) in [5.74, 6) is 0. The third kappa shape index (κ3) is 2.26. The van der Waals surface area contributed by atoms with Crippen molar-refractivity contribution >= 4 is 27.8 Å². The van der Waals surface area contributed by atoms with Gasteiger partial charge in [-0.1, -0.05) is 36.4 Å². The summed E-state index contributed by atoms with van der Waals surface area (Å²) < 4.78 is 0. The summed E-state index contributed by atoms with van der Waals surface area (Å²) in [6, 6.07) is 21.8. The zero-order valence-corrected chi connectivity index (χ0v) is 11.2. The average molecular weight is 262 g/mol. The first-order valence-corrected chi connectivity index (χ1v) is 6.44. The van der Waals surface area contributed by atoms with Crippen molar-refractivity contribution in [2.24, 2.45) is 5.18 Å². The van der Waals surface area contributed by atoms with Crippen molar-refractivity contribution in [1.82, 2.24) is 0 Å². The zero-order chi connectivity index (χ0) is 13.9. The molecule has 0 N–H and O–H groups in total. The minimum absolute atomic E-state index is 0.440. The minimum Gasteiger partial charge on any atom is -0.345 e. The van der Waals surface area contributed by atoms with Crippen molar-refractivity contribution in [3.63, 3.8) is 0 Å². The van der Waals surface area contributed by atoms with Crippen LogP contribution >= 0.6 is 0 Å². The van der Waals surface area contributed by atoms with Gasteiger partial charge in [0.2, 0.25) is 0 Å². The molecule has 0 aliphatic heterocycles. The van der Waals surface area contributed by atoms with Gasteiger partial charge in [0.05, 0.1) is 0 Å². The van der Waals surface area contributed by atoms with Gasteiger partial charge in [0.1, 0.15) is 5.69 Å². The molecule has 3 aromatic rings. The number of anilines is 2. The molecular formula is C17H14N2O. The fourth-order valence-corrected chi connectivity index (χ4v) is 2.29. The maximum atomic E-state index is 10.6. The summed E-state index contributed by atoms with van der Waals surface area (Å²) in [5, 5.41) is 5.39. The standard InChI is InChI=1S/C17H14N2O/c1-19(16-8-4-7-15(12-16)18-20)17-10-9-13-5-2-3-6-14(13)11-17/h2-12H,1H3. The highest BCUT2D eigenvalue weighted by Crippen LogP contribution is 2.29. The number of hydrogen-bond acceptors (Lipinski definition) is 3. The van der Waals surface area contributed by atoms with Crippen molar-refractivity contribution in [2.45, 2.75) is 0 Å². The minimum atomic E-state index is 0.440. The lowest BCUT2D eigenvalue weighted by atomic mass is 10.1. The van der Waals surface area contributed by atoms with Crippen molar-refractivity contribution in [1.29, 1.82) is 0 Å². The molecule has 0 aliphatic rings. The van der Waals surface area contributed by atoms with Crippen LogP contribution in [0.15, 0.2) is 71.9 Å². The first-order valence-electron chi connectivity index (χ1n) is 6.44. The van der Waals surface area contributed by atoms with Gasteiger partial charge < -0.3 is 4.90 Å². The quantitative estimate of drug-likeness (QED) is 0.622. The fraction of sp³-hybridized carbons (Fsp3) is 0.0588. The average Bonchev–Trinajstić information content (AvgIpc) is 2.53. The van der Waals surface area contributed by atoms with E-state index in [0.717, 1.165) is 11.4 Å². The second-order valence-corrected chi connectivity index (χ2v) is 4.70. The van der Waals surface area contributed by atoms with Crippen LogP contribution in [0.4, 0.5) is 17.1 Å². The van der Waals surface area contributed by atoms with Gasteiger partial charge in [0, 0.05) is 18.4 Å². The highest BCUT2D eigenvalue weighted by atomic mass is 16.3.